The first-order valence-electron chi connectivity index (χ1n) is 5.47. The lowest BCUT2D eigenvalue weighted by molar-refractivity contribution is -0.139. The summed E-state index contributed by atoms with van der Waals surface area (Å²) >= 11 is 3.13. The number of benzene rings is 1. The number of hydrogen-bond donors (Lipinski definition) is 1. The van der Waals surface area contributed by atoms with Gasteiger partial charge >= 0.3 is 6.18 Å². The van der Waals surface area contributed by atoms with Crippen LogP contribution in [0.3, 0.4) is 0 Å². The van der Waals surface area contributed by atoms with E-state index >= 15 is 0 Å². The predicted molar refractivity (Wildman–Crippen MR) is 65.8 cm³/mol. The maximum atomic E-state index is 13.6. The highest BCUT2D eigenvalue weighted by molar-refractivity contribution is 9.10. The molecule has 0 saturated heterocycles. The zero-order valence-electron chi connectivity index (χ0n) is 9.98. The third kappa shape index (κ3) is 4.94. The van der Waals surface area contributed by atoms with E-state index in [1.165, 1.54) is 13.0 Å². The van der Waals surface area contributed by atoms with Crippen LogP contribution in [-0.4, -0.2) is 12.2 Å². The van der Waals surface area contributed by atoms with Crippen molar-refractivity contribution in [2.45, 2.75) is 38.5 Å². The standard InChI is InChI=1S/C12H14BrF4N/c1-7(6-12(15,16)17)18-8(2)10-4-3-9(13)5-11(10)14/h3-5,7-8,18H,6H2,1-2H3. The minimum absolute atomic E-state index is 0.354. The molecule has 0 fully saturated rings. The Kier molecular flexibility index (Phi) is 5.16. The highest BCUT2D eigenvalue weighted by atomic mass is 79.9. The molecule has 0 spiro atoms. The van der Waals surface area contributed by atoms with Crippen LogP contribution in [0.1, 0.15) is 31.9 Å². The molecule has 0 saturated carbocycles. The molecule has 1 rings (SSSR count). The SMILES string of the molecule is CC(CC(F)(F)F)NC(C)c1ccc(Br)cc1F. The first kappa shape index (κ1) is 15.4. The summed E-state index contributed by atoms with van der Waals surface area (Å²) in [5.41, 5.74) is 0.354. The molecular formula is C12H14BrF4N. The minimum Gasteiger partial charge on any atom is -0.307 e. The summed E-state index contributed by atoms with van der Waals surface area (Å²) in [7, 11) is 0. The van der Waals surface area contributed by atoms with E-state index in [0.717, 1.165) is 0 Å². The van der Waals surface area contributed by atoms with E-state index in [0.29, 0.717) is 10.0 Å². The van der Waals surface area contributed by atoms with Crippen molar-refractivity contribution in [3.63, 3.8) is 0 Å². The highest BCUT2D eigenvalue weighted by Crippen LogP contribution is 2.25. The Balaban J connectivity index is 2.67. The van der Waals surface area contributed by atoms with Crippen LogP contribution < -0.4 is 5.32 Å². The summed E-state index contributed by atoms with van der Waals surface area (Å²) in [5, 5.41) is 2.74. The van der Waals surface area contributed by atoms with Crippen molar-refractivity contribution in [1.29, 1.82) is 0 Å². The zero-order valence-corrected chi connectivity index (χ0v) is 11.6. The van der Waals surface area contributed by atoms with Crippen molar-refractivity contribution in [2.75, 3.05) is 0 Å². The van der Waals surface area contributed by atoms with Gasteiger partial charge in [-0.05, 0) is 26.0 Å². The van der Waals surface area contributed by atoms with Crippen LogP contribution >= 0.6 is 15.9 Å². The second-order valence-electron chi connectivity index (χ2n) is 4.27. The van der Waals surface area contributed by atoms with Gasteiger partial charge in [0.15, 0.2) is 0 Å². The first-order chi connectivity index (χ1) is 8.19. The molecule has 102 valence electrons. The molecule has 0 bridgehead atoms. The lowest BCUT2D eigenvalue weighted by Crippen LogP contribution is -2.33. The summed E-state index contributed by atoms with van der Waals surface area (Å²) in [6, 6.07) is 3.27. The molecule has 0 aliphatic heterocycles. The van der Waals surface area contributed by atoms with Gasteiger partial charge in [-0.15, -0.1) is 0 Å². The molecule has 2 atom stereocenters. The van der Waals surface area contributed by atoms with E-state index in [2.05, 4.69) is 21.2 Å². The molecule has 0 aliphatic carbocycles. The number of hydrogen-bond acceptors (Lipinski definition) is 1. The van der Waals surface area contributed by atoms with Crippen LogP contribution in [-0.2, 0) is 0 Å². The third-order valence-electron chi connectivity index (χ3n) is 2.50. The van der Waals surface area contributed by atoms with Crippen LogP contribution in [0.25, 0.3) is 0 Å². The number of halogens is 5. The molecule has 0 aliphatic rings. The van der Waals surface area contributed by atoms with Gasteiger partial charge in [-0.25, -0.2) is 4.39 Å². The number of rotatable bonds is 4. The van der Waals surface area contributed by atoms with Crippen LogP contribution in [0.5, 0.6) is 0 Å². The molecule has 1 aromatic carbocycles. The maximum Gasteiger partial charge on any atom is 0.390 e. The Hall–Kier alpha value is -0.620. The van der Waals surface area contributed by atoms with Gasteiger partial charge in [-0.1, -0.05) is 22.0 Å². The average molecular weight is 328 g/mol. The van der Waals surface area contributed by atoms with Gasteiger partial charge in [0.05, 0.1) is 6.42 Å². The highest BCUT2D eigenvalue weighted by Gasteiger charge is 2.30. The van der Waals surface area contributed by atoms with Crippen molar-refractivity contribution in [1.82, 2.24) is 5.32 Å². The van der Waals surface area contributed by atoms with Crippen molar-refractivity contribution in [3.8, 4) is 0 Å². The molecule has 18 heavy (non-hydrogen) atoms. The second kappa shape index (κ2) is 6.02. The lowest BCUT2D eigenvalue weighted by atomic mass is 10.1. The van der Waals surface area contributed by atoms with Crippen molar-refractivity contribution < 1.29 is 17.6 Å². The van der Waals surface area contributed by atoms with Crippen LogP contribution in [0.4, 0.5) is 17.6 Å². The minimum atomic E-state index is -4.22. The Morgan fingerprint density at radius 3 is 2.39 bits per heavy atom. The summed E-state index contributed by atoms with van der Waals surface area (Å²) < 4.78 is 50.7. The van der Waals surface area contributed by atoms with Gasteiger partial charge in [0.1, 0.15) is 5.82 Å². The Labute approximate surface area is 112 Å². The molecule has 1 aromatic rings. The summed E-state index contributed by atoms with van der Waals surface area (Å²) in [4.78, 5) is 0. The lowest BCUT2D eigenvalue weighted by Gasteiger charge is -2.21. The van der Waals surface area contributed by atoms with E-state index in [1.807, 2.05) is 0 Å². The third-order valence-corrected chi connectivity index (χ3v) is 2.99. The zero-order chi connectivity index (χ0) is 13.9. The summed E-state index contributed by atoms with van der Waals surface area (Å²) in [6.07, 6.45) is -5.15. The Bertz CT molecular complexity index is 406. The molecule has 0 heterocycles. The summed E-state index contributed by atoms with van der Waals surface area (Å²) in [5.74, 6) is -0.441. The molecule has 0 amide bonds. The second-order valence-corrected chi connectivity index (χ2v) is 5.19. The van der Waals surface area contributed by atoms with E-state index in [1.54, 1.807) is 19.1 Å². The Morgan fingerprint density at radius 2 is 1.89 bits per heavy atom. The number of alkyl halides is 3. The van der Waals surface area contributed by atoms with E-state index in [-0.39, 0.29) is 0 Å². The monoisotopic (exact) mass is 327 g/mol. The fraction of sp³-hybridized carbons (Fsp3) is 0.500. The average Bonchev–Trinajstić information content (AvgIpc) is 2.13. The molecule has 6 heteroatoms. The van der Waals surface area contributed by atoms with Gasteiger partial charge in [0.2, 0.25) is 0 Å². The predicted octanol–water partition coefficient (Wildman–Crippen LogP) is 4.58. The molecular weight excluding hydrogens is 314 g/mol. The van der Waals surface area contributed by atoms with Crippen LogP contribution in [0, 0.1) is 5.82 Å². The Morgan fingerprint density at radius 1 is 1.28 bits per heavy atom. The largest absolute Gasteiger partial charge is 0.390 e. The topological polar surface area (TPSA) is 12.0 Å². The van der Waals surface area contributed by atoms with Crippen LogP contribution in [0.15, 0.2) is 22.7 Å². The van der Waals surface area contributed by atoms with E-state index in [9.17, 15) is 17.6 Å². The molecule has 0 aromatic heterocycles. The summed E-state index contributed by atoms with van der Waals surface area (Å²) in [6.45, 7) is 3.07. The quantitative estimate of drug-likeness (QED) is 0.798. The van der Waals surface area contributed by atoms with Gasteiger partial charge in [0, 0.05) is 22.1 Å². The van der Waals surface area contributed by atoms with Crippen molar-refractivity contribution in [2.24, 2.45) is 0 Å². The molecule has 1 nitrogen and oxygen atoms in total. The molecule has 0 radical (unpaired) electrons. The maximum absolute atomic E-state index is 13.6. The van der Waals surface area contributed by atoms with Crippen molar-refractivity contribution in [3.05, 3.63) is 34.1 Å². The van der Waals surface area contributed by atoms with Gasteiger partial charge in [-0.2, -0.15) is 13.2 Å². The number of nitrogens with one attached hydrogen (secondary N) is 1. The fourth-order valence-corrected chi connectivity index (χ4v) is 2.11. The van der Waals surface area contributed by atoms with Crippen molar-refractivity contribution >= 4 is 15.9 Å². The van der Waals surface area contributed by atoms with Gasteiger partial charge in [-0.3, -0.25) is 0 Å². The van der Waals surface area contributed by atoms with E-state index < -0.39 is 30.5 Å². The first-order valence-corrected chi connectivity index (χ1v) is 6.26. The molecule has 2 unspecified atom stereocenters. The van der Waals surface area contributed by atoms with E-state index in [4.69, 9.17) is 0 Å². The fourth-order valence-electron chi connectivity index (χ4n) is 1.78. The smallest absolute Gasteiger partial charge is 0.307 e. The van der Waals surface area contributed by atoms with Gasteiger partial charge in [0.25, 0.3) is 0 Å². The van der Waals surface area contributed by atoms with Gasteiger partial charge < -0.3 is 5.32 Å². The van der Waals surface area contributed by atoms with Crippen LogP contribution in [0.2, 0.25) is 0 Å². The molecule has 1 N–H and O–H groups in total. The normalized spacial score (nSPS) is 15.5.